The highest BCUT2D eigenvalue weighted by Gasteiger charge is 2.20. The van der Waals surface area contributed by atoms with E-state index < -0.39 is 0 Å². The van der Waals surface area contributed by atoms with Gasteiger partial charge in [-0.25, -0.2) is 4.99 Å². The highest BCUT2D eigenvalue weighted by molar-refractivity contribution is 6.51. The molecule has 152 valence electrons. The van der Waals surface area contributed by atoms with E-state index in [2.05, 4.69) is 10.3 Å². The Labute approximate surface area is 165 Å². The Morgan fingerprint density at radius 1 is 1.18 bits per heavy atom. The third-order valence-electron chi connectivity index (χ3n) is 4.69. The van der Waals surface area contributed by atoms with Gasteiger partial charge in [-0.2, -0.15) is 0 Å². The lowest BCUT2D eigenvalue weighted by molar-refractivity contribution is -0.875. The number of aliphatic imine (C=N–C) groups is 1. The summed E-state index contributed by atoms with van der Waals surface area (Å²) in [6.45, 7) is 6.03. The van der Waals surface area contributed by atoms with Gasteiger partial charge >= 0.3 is 0 Å². The minimum atomic E-state index is -0.205. The van der Waals surface area contributed by atoms with Crippen molar-refractivity contribution in [3.05, 3.63) is 41.3 Å². The molecule has 1 aliphatic rings. The minimum Gasteiger partial charge on any atom is -0.633 e. The number of likely N-dealkylation sites (N-methyl/N-ethyl adjacent to an activating group) is 1. The van der Waals surface area contributed by atoms with Gasteiger partial charge in [0.25, 0.3) is 0 Å². The first-order valence-electron chi connectivity index (χ1n) is 9.51. The molecule has 0 saturated carbocycles. The molecule has 0 heterocycles. The van der Waals surface area contributed by atoms with Gasteiger partial charge in [0, 0.05) is 18.2 Å². The Morgan fingerprint density at radius 2 is 1.86 bits per heavy atom. The number of anilines is 1. The predicted octanol–water partition coefficient (Wildman–Crippen LogP) is 2.86. The maximum atomic E-state index is 12.3. The van der Waals surface area contributed by atoms with Gasteiger partial charge in [-0.3, -0.25) is 0 Å². The smallest absolute Gasteiger partial charge is 0.142 e. The number of hydroxylamine groups is 3. The van der Waals surface area contributed by atoms with E-state index in [0.29, 0.717) is 43.3 Å². The molecule has 0 unspecified atom stereocenters. The van der Waals surface area contributed by atoms with Crippen LogP contribution >= 0.6 is 0 Å². The van der Waals surface area contributed by atoms with Crippen molar-refractivity contribution >= 4 is 28.5 Å². The number of benzene rings is 1. The molecule has 2 rings (SSSR count). The minimum absolute atomic E-state index is 0.106. The number of hydrogen-bond acceptors (Lipinski definition) is 7. The molecule has 0 bridgehead atoms. The molecule has 8 nitrogen and oxygen atoms in total. The van der Waals surface area contributed by atoms with Crippen LogP contribution in [0.3, 0.4) is 0 Å². The van der Waals surface area contributed by atoms with Crippen molar-refractivity contribution in [2.75, 3.05) is 44.7 Å². The van der Waals surface area contributed by atoms with Crippen LogP contribution in [0.5, 0.6) is 0 Å². The number of nitrogens with zero attached hydrogens (tertiary/aromatic N) is 2. The number of aliphatic hydroxyl groups is 1. The van der Waals surface area contributed by atoms with Crippen LogP contribution in [0.25, 0.3) is 0 Å². The third kappa shape index (κ3) is 5.98. The summed E-state index contributed by atoms with van der Waals surface area (Å²) in [5.74, 6) is 0.341. The van der Waals surface area contributed by atoms with E-state index in [1.807, 2.05) is 38.1 Å². The van der Waals surface area contributed by atoms with Crippen molar-refractivity contribution < 1.29 is 14.5 Å². The highest BCUT2D eigenvalue weighted by Crippen LogP contribution is 2.20. The molecule has 0 aromatic heterocycles. The fraction of sp³-hybridized carbons (Fsp3) is 0.450. The zero-order valence-electron chi connectivity index (χ0n) is 16.5. The lowest BCUT2D eigenvalue weighted by atomic mass is 10.00. The lowest BCUT2D eigenvalue weighted by Gasteiger charge is -2.41. The summed E-state index contributed by atoms with van der Waals surface area (Å²) < 4.78 is 5.14. The van der Waals surface area contributed by atoms with Gasteiger partial charge in [0.15, 0.2) is 0 Å². The zero-order valence-corrected chi connectivity index (χ0v) is 16.5. The number of quaternary nitrogens is 1. The Balaban J connectivity index is 2.03. The predicted molar refractivity (Wildman–Crippen MR) is 113 cm³/mol. The molecule has 1 aromatic rings. The molecule has 28 heavy (non-hydrogen) atoms. The molecule has 0 spiro atoms. The second kappa shape index (κ2) is 10.1. The molecule has 4 N–H and O–H groups in total. The number of ether oxygens (including phenoxy) is 1. The topological polar surface area (TPSA) is 125 Å². The number of hydrogen-bond donors (Lipinski definition) is 4. The van der Waals surface area contributed by atoms with Crippen molar-refractivity contribution in [2.24, 2.45) is 4.99 Å². The molecule has 8 heteroatoms. The fourth-order valence-electron chi connectivity index (χ4n) is 2.77. The van der Waals surface area contributed by atoms with Crippen LogP contribution < -0.4 is 5.32 Å². The highest BCUT2D eigenvalue weighted by atomic mass is 16.5. The van der Waals surface area contributed by atoms with Gasteiger partial charge in [0.05, 0.1) is 55.6 Å². The molecule has 0 amide bonds. The molecule has 0 aliphatic heterocycles. The Bertz CT molecular complexity index is 752. The lowest BCUT2D eigenvalue weighted by Crippen LogP contribution is -2.44. The molecule has 0 saturated heterocycles. The number of rotatable bonds is 10. The summed E-state index contributed by atoms with van der Waals surface area (Å²) in [6.07, 6.45) is 1.72. The van der Waals surface area contributed by atoms with Crippen LogP contribution in [-0.4, -0.2) is 66.3 Å². The molecule has 0 radical (unpaired) electrons. The van der Waals surface area contributed by atoms with Crippen molar-refractivity contribution in [1.29, 1.82) is 10.8 Å². The molecular weight excluding hydrogens is 358 g/mol. The largest absolute Gasteiger partial charge is 0.633 e. The normalized spacial score (nSPS) is 16.3. The zero-order chi connectivity index (χ0) is 20.6. The van der Waals surface area contributed by atoms with Crippen molar-refractivity contribution in [3.63, 3.8) is 0 Å². The summed E-state index contributed by atoms with van der Waals surface area (Å²) >= 11 is 0. The summed E-state index contributed by atoms with van der Waals surface area (Å²) in [6, 6.07) is 7.45. The Hall–Kier alpha value is -2.55. The molecular formula is C20H29N5O3. The Morgan fingerprint density at radius 3 is 2.46 bits per heavy atom. The van der Waals surface area contributed by atoms with E-state index in [-0.39, 0.29) is 35.7 Å². The first kappa shape index (κ1) is 21.7. The SMILES string of the molecule is CC[N+]([O-])(CC)CCNc1ccc(N=C2C=C(OCCO)C(=N)CC2=N)cc1. The summed E-state index contributed by atoms with van der Waals surface area (Å²) in [5, 5.41) is 40.3. The van der Waals surface area contributed by atoms with Crippen LogP contribution in [0, 0.1) is 16.0 Å². The van der Waals surface area contributed by atoms with E-state index in [4.69, 9.17) is 20.7 Å². The van der Waals surface area contributed by atoms with Gasteiger partial charge in [0.1, 0.15) is 12.4 Å². The van der Waals surface area contributed by atoms with Crippen LogP contribution in [0.4, 0.5) is 11.4 Å². The van der Waals surface area contributed by atoms with E-state index in [1.165, 1.54) is 0 Å². The van der Waals surface area contributed by atoms with Crippen molar-refractivity contribution in [3.8, 4) is 0 Å². The standard InChI is InChI=1S/C20H29N5O3/c1-3-25(27,4-2)10-9-23-15-5-7-16(8-6-15)24-19-14-20(28-12-11-26)18(22)13-17(19)21/h5-8,14,21-23,26H,3-4,9-13H2,1-2H3. The molecule has 0 atom stereocenters. The maximum absolute atomic E-state index is 12.3. The van der Waals surface area contributed by atoms with E-state index >= 15 is 0 Å². The van der Waals surface area contributed by atoms with Gasteiger partial charge in [-0.05, 0) is 38.1 Å². The molecule has 0 fully saturated rings. The fourth-order valence-corrected chi connectivity index (χ4v) is 2.77. The first-order valence-corrected chi connectivity index (χ1v) is 9.51. The Kier molecular flexibility index (Phi) is 7.86. The van der Waals surface area contributed by atoms with Crippen LogP contribution in [0.2, 0.25) is 0 Å². The average molecular weight is 387 g/mol. The average Bonchev–Trinajstić information content (AvgIpc) is 2.70. The van der Waals surface area contributed by atoms with Gasteiger partial charge < -0.3 is 35.8 Å². The second-order valence-corrected chi connectivity index (χ2v) is 6.60. The molecule has 1 aliphatic carbocycles. The number of nitrogens with one attached hydrogen (secondary N) is 3. The van der Waals surface area contributed by atoms with Crippen molar-refractivity contribution in [1.82, 2.24) is 0 Å². The summed E-state index contributed by atoms with van der Waals surface area (Å²) in [7, 11) is 0. The van der Waals surface area contributed by atoms with Crippen LogP contribution in [-0.2, 0) is 4.74 Å². The van der Waals surface area contributed by atoms with E-state index in [0.717, 1.165) is 5.69 Å². The molecule has 1 aromatic carbocycles. The summed E-state index contributed by atoms with van der Waals surface area (Å²) in [5.41, 5.74) is 2.51. The van der Waals surface area contributed by atoms with E-state index in [1.54, 1.807) is 6.08 Å². The van der Waals surface area contributed by atoms with Crippen LogP contribution in [0.15, 0.2) is 41.1 Å². The van der Waals surface area contributed by atoms with Gasteiger partial charge in [-0.1, -0.05) is 0 Å². The maximum Gasteiger partial charge on any atom is 0.142 e. The van der Waals surface area contributed by atoms with Gasteiger partial charge in [-0.15, -0.1) is 0 Å². The quantitative estimate of drug-likeness (QED) is 0.364. The van der Waals surface area contributed by atoms with Gasteiger partial charge in [0.2, 0.25) is 0 Å². The monoisotopic (exact) mass is 387 g/mol. The summed E-state index contributed by atoms with van der Waals surface area (Å²) in [4.78, 5) is 4.47. The third-order valence-corrected chi connectivity index (χ3v) is 4.69. The second-order valence-electron chi connectivity index (χ2n) is 6.60. The number of aliphatic hydroxyl groups excluding tert-OH is 1. The first-order chi connectivity index (χ1) is 13.4. The van der Waals surface area contributed by atoms with Crippen LogP contribution in [0.1, 0.15) is 20.3 Å². The van der Waals surface area contributed by atoms with E-state index in [9.17, 15) is 5.21 Å². The van der Waals surface area contributed by atoms with Crippen molar-refractivity contribution in [2.45, 2.75) is 20.3 Å². The number of allylic oxidation sites excluding steroid dienone is 2.